The first-order valence-electron chi connectivity index (χ1n) is 5.87. The maximum absolute atomic E-state index is 11.5. The van der Waals surface area contributed by atoms with Gasteiger partial charge in [0.25, 0.3) is 0 Å². The quantitative estimate of drug-likeness (QED) is 0.788. The summed E-state index contributed by atoms with van der Waals surface area (Å²) in [6.07, 6.45) is 0.492. The molecule has 3 N–H and O–H groups in total. The lowest BCUT2D eigenvalue weighted by atomic mass is 10.1. The average molecular weight is 284 g/mol. The Labute approximate surface area is 111 Å². The van der Waals surface area contributed by atoms with Crippen LogP contribution in [0.25, 0.3) is 0 Å². The highest BCUT2D eigenvalue weighted by Crippen LogP contribution is 2.31. The number of benzene rings is 1. The number of carboxylic acid groups (broad SMARTS) is 1. The van der Waals surface area contributed by atoms with Gasteiger partial charge < -0.3 is 15.7 Å². The molecule has 0 radical (unpaired) electrons. The molecule has 19 heavy (non-hydrogen) atoms. The molecule has 1 fully saturated rings. The van der Waals surface area contributed by atoms with Gasteiger partial charge in [0.1, 0.15) is 0 Å². The Morgan fingerprint density at radius 3 is 2.68 bits per heavy atom. The van der Waals surface area contributed by atoms with E-state index in [0.29, 0.717) is 17.8 Å². The summed E-state index contributed by atoms with van der Waals surface area (Å²) in [6, 6.07) is 4.42. The van der Waals surface area contributed by atoms with Crippen LogP contribution < -0.4 is 10.6 Å². The molecule has 104 valence electrons. The van der Waals surface area contributed by atoms with Crippen LogP contribution in [0.2, 0.25) is 0 Å². The molecule has 0 saturated carbocycles. The van der Waals surface area contributed by atoms with E-state index in [1.807, 2.05) is 0 Å². The summed E-state index contributed by atoms with van der Waals surface area (Å²) in [6.45, 7) is 0. The summed E-state index contributed by atoms with van der Waals surface area (Å²) in [5.41, 5.74) is 6.66. The van der Waals surface area contributed by atoms with E-state index in [-0.39, 0.29) is 23.1 Å². The van der Waals surface area contributed by atoms with Crippen molar-refractivity contribution in [1.82, 2.24) is 0 Å². The van der Waals surface area contributed by atoms with Gasteiger partial charge in [-0.1, -0.05) is 6.07 Å². The van der Waals surface area contributed by atoms with Crippen LogP contribution in [0.15, 0.2) is 18.2 Å². The molecule has 0 bridgehead atoms. The van der Waals surface area contributed by atoms with Gasteiger partial charge in [-0.2, -0.15) is 0 Å². The monoisotopic (exact) mass is 284 g/mol. The molecule has 1 aromatic rings. The van der Waals surface area contributed by atoms with E-state index in [0.717, 1.165) is 0 Å². The highest BCUT2D eigenvalue weighted by molar-refractivity contribution is 7.91. The van der Waals surface area contributed by atoms with Gasteiger partial charge in [-0.25, -0.2) is 13.2 Å². The van der Waals surface area contributed by atoms with E-state index in [1.54, 1.807) is 24.1 Å². The Bertz CT molecular complexity index is 612. The van der Waals surface area contributed by atoms with Crippen LogP contribution in [0.1, 0.15) is 16.8 Å². The molecule has 1 atom stereocenters. The maximum Gasteiger partial charge on any atom is 0.337 e. The number of hydrogen-bond acceptors (Lipinski definition) is 5. The first-order chi connectivity index (χ1) is 8.82. The molecule has 1 saturated heterocycles. The number of nitrogens with two attached hydrogens (primary N) is 1. The van der Waals surface area contributed by atoms with Gasteiger partial charge in [0.05, 0.1) is 28.4 Å². The molecule has 2 rings (SSSR count). The zero-order valence-corrected chi connectivity index (χ0v) is 11.4. The number of carbonyl (C=O) groups is 1. The van der Waals surface area contributed by atoms with E-state index in [4.69, 9.17) is 5.73 Å². The smallest absolute Gasteiger partial charge is 0.337 e. The summed E-state index contributed by atoms with van der Waals surface area (Å²) in [5, 5.41) is 9.18. The first-order valence-corrected chi connectivity index (χ1v) is 7.69. The van der Waals surface area contributed by atoms with Crippen molar-refractivity contribution in [2.45, 2.75) is 12.5 Å². The van der Waals surface area contributed by atoms with Crippen molar-refractivity contribution in [1.29, 1.82) is 0 Å². The van der Waals surface area contributed by atoms with Gasteiger partial charge >= 0.3 is 5.97 Å². The third kappa shape index (κ3) is 2.65. The van der Waals surface area contributed by atoms with E-state index in [1.165, 1.54) is 6.07 Å². The van der Waals surface area contributed by atoms with Gasteiger partial charge in [-0.15, -0.1) is 0 Å². The second-order valence-electron chi connectivity index (χ2n) is 4.72. The largest absolute Gasteiger partial charge is 0.478 e. The van der Waals surface area contributed by atoms with E-state index in [2.05, 4.69) is 0 Å². The fourth-order valence-electron chi connectivity index (χ4n) is 2.39. The van der Waals surface area contributed by atoms with Crippen LogP contribution >= 0.6 is 0 Å². The number of rotatable bonds is 3. The lowest BCUT2D eigenvalue weighted by Crippen LogP contribution is -2.34. The molecule has 7 heteroatoms. The number of nitrogen functional groups attached to an aromatic ring is 1. The van der Waals surface area contributed by atoms with Gasteiger partial charge in [-0.3, -0.25) is 0 Å². The van der Waals surface area contributed by atoms with Crippen LogP contribution in [0, 0.1) is 0 Å². The van der Waals surface area contributed by atoms with Crippen molar-refractivity contribution < 1.29 is 18.3 Å². The van der Waals surface area contributed by atoms with Crippen molar-refractivity contribution >= 4 is 27.2 Å². The molecule has 6 nitrogen and oxygen atoms in total. The molecule has 1 aromatic carbocycles. The number of hydrogen-bond donors (Lipinski definition) is 2. The van der Waals surface area contributed by atoms with Crippen LogP contribution in [-0.2, 0) is 9.84 Å². The molecule has 0 amide bonds. The van der Waals surface area contributed by atoms with Crippen LogP contribution in [-0.4, -0.2) is 44.1 Å². The summed E-state index contributed by atoms with van der Waals surface area (Å²) in [7, 11) is -1.34. The number of carboxylic acids is 1. The van der Waals surface area contributed by atoms with Crippen molar-refractivity contribution in [2.24, 2.45) is 0 Å². The Balaban J connectivity index is 2.39. The minimum atomic E-state index is -3.02. The van der Waals surface area contributed by atoms with Crippen molar-refractivity contribution in [2.75, 3.05) is 29.2 Å². The average Bonchev–Trinajstić information content (AvgIpc) is 2.68. The Kier molecular flexibility index (Phi) is 3.40. The topological polar surface area (TPSA) is 101 Å². The minimum absolute atomic E-state index is 0.0386. The molecule has 1 aliphatic heterocycles. The highest BCUT2D eigenvalue weighted by atomic mass is 32.2. The standard InChI is InChI=1S/C12H16N2O4S/c1-14(8-5-6-19(17,18)7-8)11-9(12(15)16)3-2-4-10(11)13/h2-4,8H,5-7,13H2,1H3,(H,15,16). The lowest BCUT2D eigenvalue weighted by Gasteiger charge is -2.28. The fraction of sp³-hybridized carbons (Fsp3) is 0.417. The number of para-hydroxylation sites is 1. The number of sulfone groups is 1. The molecule has 1 unspecified atom stereocenters. The van der Waals surface area contributed by atoms with Gasteiger partial charge in [-0.05, 0) is 18.6 Å². The fourth-order valence-corrected chi connectivity index (χ4v) is 4.17. The number of aromatic carboxylic acids is 1. The minimum Gasteiger partial charge on any atom is -0.478 e. The van der Waals surface area contributed by atoms with Crippen LogP contribution in [0.4, 0.5) is 11.4 Å². The Morgan fingerprint density at radius 2 is 2.16 bits per heavy atom. The summed E-state index contributed by atoms with van der Waals surface area (Å²) >= 11 is 0. The van der Waals surface area contributed by atoms with Gasteiger partial charge in [0, 0.05) is 13.1 Å². The van der Waals surface area contributed by atoms with E-state index < -0.39 is 15.8 Å². The van der Waals surface area contributed by atoms with Crippen LogP contribution in [0.5, 0.6) is 0 Å². The van der Waals surface area contributed by atoms with Crippen molar-refractivity contribution in [3.63, 3.8) is 0 Å². The zero-order chi connectivity index (χ0) is 14.2. The second-order valence-corrected chi connectivity index (χ2v) is 6.95. The molecular formula is C12H16N2O4S. The molecule has 1 heterocycles. The second kappa shape index (κ2) is 4.73. The summed E-state index contributed by atoms with van der Waals surface area (Å²) in [5.74, 6) is -0.899. The first kappa shape index (κ1) is 13.7. The number of anilines is 2. The summed E-state index contributed by atoms with van der Waals surface area (Å²) < 4.78 is 23.0. The lowest BCUT2D eigenvalue weighted by molar-refractivity contribution is 0.0697. The van der Waals surface area contributed by atoms with Gasteiger partial charge in [0.2, 0.25) is 0 Å². The molecule has 0 aliphatic carbocycles. The number of nitrogens with zero attached hydrogens (tertiary/aromatic N) is 1. The normalized spacial score (nSPS) is 21.2. The SMILES string of the molecule is CN(c1c(N)cccc1C(=O)O)C1CCS(=O)(=O)C1. The Hall–Kier alpha value is -1.76. The molecule has 1 aliphatic rings. The molecule has 0 aromatic heterocycles. The van der Waals surface area contributed by atoms with Crippen LogP contribution in [0.3, 0.4) is 0 Å². The molecule has 0 spiro atoms. The third-order valence-corrected chi connectivity index (χ3v) is 5.16. The highest BCUT2D eigenvalue weighted by Gasteiger charge is 2.32. The van der Waals surface area contributed by atoms with E-state index >= 15 is 0 Å². The van der Waals surface area contributed by atoms with Crippen molar-refractivity contribution in [3.05, 3.63) is 23.8 Å². The molecular weight excluding hydrogens is 268 g/mol. The van der Waals surface area contributed by atoms with Gasteiger partial charge in [0.15, 0.2) is 9.84 Å². The summed E-state index contributed by atoms with van der Waals surface area (Å²) in [4.78, 5) is 12.9. The Morgan fingerprint density at radius 1 is 1.47 bits per heavy atom. The van der Waals surface area contributed by atoms with E-state index in [9.17, 15) is 18.3 Å². The third-order valence-electron chi connectivity index (χ3n) is 3.41. The predicted molar refractivity (Wildman–Crippen MR) is 73.3 cm³/mol. The predicted octanol–water partition coefficient (Wildman–Crippen LogP) is 0.590. The maximum atomic E-state index is 11.5. The zero-order valence-electron chi connectivity index (χ0n) is 10.5. The van der Waals surface area contributed by atoms with Crippen molar-refractivity contribution in [3.8, 4) is 0 Å².